The average molecular weight is 714 g/mol. The lowest BCUT2D eigenvalue weighted by Gasteiger charge is -2.10. The second-order valence-electron chi connectivity index (χ2n) is 15.0. The Bertz CT molecular complexity index is 3530. The predicted molar refractivity (Wildman–Crippen MR) is 237 cm³/mol. The van der Waals surface area contributed by atoms with E-state index in [9.17, 15) is 0 Å². The normalized spacial score (nSPS) is 12.0. The van der Waals surface area contributed by atoms with Crippen molar-refractivity contribution < 1.29 is 0 Å². The zero-order valence-corrected chi connectivity index (χ0v) is 30.8. The van der Waals surface area contributed by atoms with Gasteiger partial charge in [0.2, 0.25) is 0 Å². The first kappa shape index (κ1) is 31.0. The van der Waals surface area contributed by atoms with Gasteiger partial charge in [-0.1, -0.05) is 121 Å². The molecule has 0 N–H and O–H groups in total. The maximum atomic E-state index is 2.43. The highest BCUT2D eigenvalue weighted by molar-refractivity contribution is 6.19. The third kappa shape index (κ3) is 4.46. The number of hydrogen-bond donors (Lipinski definition) is 0. The van der Waals surface area contributed by atoms with E-state index >= 15 is 0 Å². The van der Waals surface area contributed by atoms with Gasteiger partial charge in [-0.3, -0.25) is 0 Å². The third-order valence-corrected chi connectivity index (χ3v) is 12.0. The van der Waals surface area contributed by atoms with Crippen molar-refractivity contribution in [3.05, 3.63) is 194 Å². The van der Waals surface area contributed by atoms with Crippen molar-refractivity contribution in [1.29, 1.82) is 0 Å². The van der Waals surface area contributed by atoms with E-state index in [-0.39, 0.29) is 0 Å². The van der Waals surface area contributed by atoms with E-state index in [1.807, 2.05) is 0 Å². The van der Waals surface area contributed by atoms with Gasteiger partial charge in [0.15, 0.2) is 0 Å². The van der Waals surface area contributed by atoms with Crippen LogP contribution in [0.5, 0.6) is 0 Å². The molecule has 0 aliphatic heterocycles. The van der Waals surface area contributed by atoms with Crippen molar-refractivity contribution in [2.45, 2.75) is 0 Å². The lowest BCUT2D eigenvalue weighted by Crippen LogP contribution is -1.93. The Hall–Kier alpha value is -7.36. The molecule has 3 nitrogen and oxygen atoms in total. The zero-order valence-electron chi connectivity index (χ0n) is 30.8. The highest BCUT2D eigenvalue weighted by Crippen LogP contribution is 2.41. The van der Waals surface area contributed by atoms with Crippen molar-refractivity contribution in [2.75, 3.05) is 0 Å². The number of nitrogens with zero attached hydrogens (tertiary/aromatic N) is 3. The molecule has 0 spiro atoms. The first-order valence-electron chi connectivity index (χ1n) is 19.3. The SMILES string of the molecule is Cn1c2ccc(-c3ccc4c(c3)c3ccc5ccccc5c3n4-c3ccccc3)cc2c2cc(-c3ccc4c5ccccc5n(-c5ccccc5)c4c3)ccc21. The average Bonchev–Trinajstić information content (AvgIpc) is 3.88. The van der Waals surface area contributed by atoms with E-state index < -0.39 is 0 Å². The molecule has 0 unspecified atom stereocenters. The van der Waals surface area contributed by atoms with E-state index in [1.54, 1.807) is 0 Å². The van der Waals surface area contributed by atoms with Gasteiger partial charge < -0.3 is 13.7 Å². The number of fused-ring (bicyclic) bond motifs is 11. The van der Waals surface area contributed by atoms with E-state index in [2.05, 4.69) is 215 Å². The van der Waals surface area contributed by atoms with Gasteiger partial charge in [0, 0.05) is 67.2 Å². The Morgan fingerprint density at radius 2 is 0.750 bits per heavy atom. The van der Waals surface area contributed by atoms with E-state index in [0.29, 0.717) is 0 Å². The summed E-state index contributed by atoms with van der Waals surface area (Å²) in [5.41, 5.74) is 14.6. The molecule has 0 fully saturated rings. The lowest BCUT2D eigenvalue weighted by molar-refractivity contribution is 1.01. The van der Waals surface area contributed by atoms with Crippen LogP contribution in [0.4, 0.5) is 0 Å². The number of para-hydroxylation sites is 3. The van der Waals surface area contributed by atoms with Crippen LogP contribution in [-0.4, -0.2) is 13.7 Å². The lowest BCUT2D eigenvalue weighted by atomic mass is 9.98. The molecule has 12 rings (SSSR count). The molecule has 9 aromatic carbocycles. The first-order chi connectivity index (χ1) is 27.7. The molecule has 0 saturated heterocycles. The Balaban J connectivity index is 1.03. The summed E-state index contributed by atoms with van der Waals surface area (Å²) in [6, 6.07) is 71.3. The quantitative estimate of drug-likeness (QED) is 0.172. The molecule has 0 atom stereocenters. The number of aryl methyl sites for hydroxylation is 1. The molecular weight excluding hydrogens is 679 g/mol. The molecule has 0 aliphatic rings. The summed E-state index contributed by atoms with van der Waals surface area (Å²) in [6.45, 7) is 0. The summed E-state index contributed by atoms with van der Waals surface area (Å²) in [5.74, 6) is 0. The first-order valence-corrected chi connectivity index (χ1v) is 19.3. The van der Waals surface area contributed by atoms with Crippen molar-refractivity contribution in [2.24, 2.45) is 7.05 Å². The van der Waals surface area contributed by atoms with Gasteiger partial charge in [0.1, 0.15) is 0 Å². The molecule has 3 heterocycles. The van der Waals surface area contributed by atoms with Crippen molar-refractivity contribution in [1.82, 2.24) is 13.7 Å². The minimum atomic E-state index is 1.17. The summed E-state index contributed by atoms with van der Waals surface area (Å²) < 4.78 is 7.16. The van der Waals surface area contributed by atoms with Crippen molar-refractivity contribution in [3.63, 3.8) is 0 Å². The van der Waals surface area contributed by atoms with Crippen LogP contribution < -0.4 is 0 Å². The largest absolute Gasteiger partial charge is 0.344 e. The van der Waals surface area contributed by atoms with Crippen LogP contribution in [0.15, 0.2) is 194 Å². The Kier molecular flexibility index (Phi) is 6.55. The summed E-state index contributed by atoms with van der Waals surface area (Å²) >= 11 is 0. The molecule has 0 saturated carbocycles. The molecule has 0 aliphatic carbocycles. The summed E-state index contributed by atoms with van der Waals surface area (Å²) in [6.07, 6.45) is 0. The number of benzene rings is 9. The van der Waals surface area contributed by atoms with Crippen LogP contribution in [0.25, 0.3) is 110 Å². The van der Waals surface area contributed by atoms with E-state index in [0.717, 1.165) is 0 Å². The molecule has 3 aromatic heterocycles. The van der Waals surface area contributed by atoms with Gasteiger partial charge in [-0.25, -0.2) is 0 Å². The Labute approximate surface area is 323 Å². The number of rotatable bonds is 4. The van der Waals surface area contributed by atoms with Gasteiger partial charge in [0.25, 0.3) is 0 Å². The van der Waals surface area contributed by atoms with Crippen LogP contribution in [-0.2, 0) is 7.05 Å². The summed E-state index contributed by atoms with van der Waals surface area (Å²) in [5, 5.41) is 10.1. The monoisotopic (exact) mass is 713 g/mol. The standard InChI is InChI=1S/C53H35N3/c1-54-48-27-22-35(36-24-29-51-45(30-36)44-26-20-34-12-8-9-17-41(34)53(44)56(51)40-15-6-3-7-16-40)31-46(48)47-32-37(23-28-49(47)54)38-21-25-43-42-18-10-11-19-50(42)55(52(43)33-38)39-13-4-2-5-14-39/h2-33H,1H3. The fourth-order valence-electron chi connectivity index (χ4n) is 9.39. The second-order valence-corrected chi connectivity index (χ2v) is 15.0. The minimum absolute atomic E-state index is 1.17. The van der Waals surface area contributed by atoms with Gasteiger partial charge in [-0.2, -0.15) is 0 Å². The molecular formula is C53H35N3. The molecule has 0 radical (unpaired) electrons. The molecule has 0 amide bonds. The fourth-order valence-corrected chi connectivity index (χ4v) is 9.39. The summed E-state index contributed by atoms with van der Waals surface area (Å²) in [4.78, 5) is 0. The maximum absolute atomic E-state index is 2.43. The molecule has 3 heteroatoms. The predicted octanol–water partition coefficient (Wildman–Crippen LogP) is 14.0. The highest BCUT2D eigenvalue weighted by atomic mass is 15.0. The molecule has 12 aromatic rings. The van der Waals surface area contributed by atoms with Crippen LogP contribution in [0, 0.1) is 0 Å². The van der Waals surface area contributed by atoms with Gasteiger partial charge in [-0.05, 0) is 100 Å². The van der Waals surface area contributed by atoms with Gasteiger partial charge in [0.05, 0.1) is 22.1 Å². The van der Waals surface area contributed by atoms with Crippen molar-refractivity contribution in [3.8, 4) is 33.6 Å². The van der Waals surface area contributed by atoms with Gasteiger partial charge in [-0.15, -0.1) is 0 Å². The van der Waals surface area contributed by atoms with Crippen LogP contribution in [0.3, 0.4) is 0 Å². The van der Waals surface area contributed by atoms with Gasteiger partial charge >= 0.3 is 0 Å². The summed E-state index contributed by atoms with van der Waals surface area (Å²) in [7, 11) is 2.18. The topological polar surface area (TPSA) is 14.8 Å². The smallest absolute Gasteiger partial charge is 0.0619 e. The highest BCUT2D eigenvalue weighted by Gasteiger charge is 2.18. The number of aromatic nitrogens is 3. The third-order valence-electron chi connectivity index (χ3n) is 12.0. The number of hydrogen-bond acceptors (Lipinski definition) is 0. The minimum Gasteiger partial charge on any atom is -0.344 e. The van der Waals surface area contributed by atoms with Crippen LogP contribution in [0.1, 0.15) is 0 Å². The van der Waals surface area contributed by atoms with E-state index in [4.69, 9.17) is 0 Å². The zero-order chi connectivity index (χ0) is 36.9. The van der Waals surface area contributed by atoms with E-state index in [1.165, 1.54) is 110 Å². The molecule has 0 bridgehead atoms. The van der Waals surface area contributed by atoms with Crippen LogP contribution >= 0.6 is 0 Å². The molecule has 262 valence electrons. The van der Waals surface area contributed by atoms with Crippen LogP contribution in [0.2, 0.25) is 0 Å². The fraction of sp³-hybridized carbons (Fsp3) is 0.0189. The van der Waals surface area contributed by atoms with Crippen molar-refractivity contribution >= 4 is 76.2 Å². The Morgan fingerprint density at radius 3 is 1.43 bits per heavy atom. The second kappa shape index (κ2) is 11.8. The maximum Gasteiger partial charge on any atom is 0.0619 e. The molecule has 56 heavy (non-hydrogen) atoms. The Morgan fingerprint density at radius 1 is 0.286 bits per heavy atom.